The standard InChI is InChI=1S/C9H10ClF2NO2/c1-14-7-5(3-10)6(8(11)12)4-13-9(7)15-2/h4,8H,3H2,1-2H3. The molecule has 0 saturated carbocycles. The van der Waals surface area contributed by atoms with Crippen molar-refractivity contribution in [2.45, 2.75) is 12.3 Å². The molecule has 0 aliphatic rings. The van der Waals surface area contributed by atoms with Gasteiger partial charge in [-0.2, -0.15) is 0 Å². The molecule has 0 radical (unpaired) electrons. The second-order valence-electron chi connectivity index (χ2n) is 2.67. The van der Waals surface area contributed by atoms with Gasteiger partial charge < -0.3 is 9.47 Å². The first kappa shape index (κ1) is 12.0. The van der Waals surface area contributed by atoms with Crippen LogP contribution in [0.2, 0.25) is 0 Å². The third kappa shape index (κ3) is 2.28. The molecule has 0 spiro atoms. The number of hydrogen-bond acceptors (Lipinski definition) is 3. The Morgan fingerprint density at radius 2 is 2.07 bits per heavy atom. The predicted octanol–water partition coefficient (Wildman–Crippen LogP) is 2.78. The molecule has 84 valence electrons. The molecule has 3 nitrogen and oxygen atoms in total. The molecule has 0 aliphatic carbocycles. The molecule has 0 N–H and O–H groups in total. The lowest BCUT2D eigenvalue weighted by molar-refractivity contribution is 0.149. The molecule has 0 bridgehead atoms. The SMILES string of the molecule is COc1ncc(C(F)F)c(CCl)c1OC. The molecule has 1 rings (SSSR count). The highest BCUT2D eigenvalue weighted by Gasteiger charge is 2.20. The summed E-state index contributed by atoms with van der Waals surface area (Å²) in [6.07, 6.45) is -1.59. The van der Waals surface area contributed by atoms with Crippen molar-refractivity contribution >= 4 is 11.6 Å². The highest BCUT2D eigenvalue weighted by atomic mass is 35.5. The molecule has 1 aromatic rings. The summed E-state index contributed by atoms with van der Waals surface area (Å²) >= 11 is 5.59. The number of halogens is 3. The maximum atomic E-state index is 12.6. The van der Waals surface area contributed by atoms with Crippen LogP contribution >= 0.6 is 11.6 Å². The fourth-order valence-electron chi connectivity index (χ4n) is 1.21. The molecular formula is C9H10ClF2NO2. The number of rotatable bonds is 4. The van der Waals surface area contributed by atoms with Gasteiger partial charge in [0, 0.05) is 17.3 Å². The largest absolute Gasteiger partial charge is 0.491 e. The molecule has 1 heterocycles. The van der Waals surface area contributed by atoms with Gasteiger partial charge >= 0.3 is 0 Å². The Labute approximate surface area is 91.0 Å². The third-order valence-electron chi connectivity index (χ3n) is 1.90. The van der Waals surface area contributed by atoms with Crippen molar-refractivity contribution in [3.8, 4) is 11.6 Å². The molecule has 15 heavy (non-hydrogen) atoms. The fourth-order valence-corrected chi connectivity index (χ4v) is 1.48. The van der Waals surface area contributed by atoms with E-state index in [2.05, 4.69) is 4.98 Å². The summed E-state index contributed by atoms with van der Waals surface area (Å²) in [6.45, 7) is 0. The van der Waals surface area contributed by atoms with Crippen molar-refractivity contribution in [1.29, 1.82) is 0 Å². The van der Waals surface area contributed by atoms with Crippen LogP contribution in [-0.2, 0) is 5.88 Å². The Kier molecular flexibility index (Phi) is 4.08. The van der Waals surface area contributed by atoms with E-state index in [0.29, 0.717) is 0 Å². The molecule has 0 amide bonds. The topological polar surface area (TPSA) is 31.4 Å². The third-order valence-corrected chi connectivity index (χ3v) is 2.17. The van der Waals surface area contributed by atoms with Crippen LogP contribution in [0.15, 0.2) is 6.20 Å². The van der Waals surface area contributed by atoms with Crippen LogP contribution in [0.4, 0.5) is 8.78 Å². The van der Waals surface area contributed by atoms with Gasteiger partial charge in [-0.1, -0.05) is 0 Å². The number of pyridine rings is 1. The Morgan fingerprint density at radius 3 is 2.47 bits per heavy atom. The lowest BCUT2D eigenvalue weighted by Gasteiger charge is -2.13. The lowest BCUT2D eigenvalue weighted by atomic mass is 10.1. The van der Waals surface area contributed by atoms with Crippen LogP contribution in [0.5, 0.6) is 11.6 Å². The van der Waals surface area contributed by atoms with Crippen LogP contribution in [0, 0.1) is 0 Å². The average molecular weight is 238 g/mol. The summed E-state index contributed by atoms with van der Waals surface area (Å²) in [5.41, 5.74) is -0.0244. The predicted molar refractivity (Wildman–Crippen MR) is 51.9 cm³/mol. The Hall–Kier alpha value is -1.10. The van der Waals surface area contributed by atoms with Gasteiger partial charge in [0.15, 0.2) is 5.75 Å². The molecule has 0 fully saturated rings. The Morgan fingerprint density at radius 1 is 1.40 bits per heavy atom. The minimum atomic E-state index is -2.63. The van der Waals surface area contributed by atoms with E-state index in [1.807, 2.05) is 0 Å². The molecule has 0 aromatic carbocycles. The van der Waals surface area contributed by atoms with E-state index in [1.165, 1.54) is 14.2 Å². The molecule has 0 saturated heterocycles. The zero-order chi connectivity index (χ0) is 11.4. The van der Waals surface area contributed by atoms with Gasteiger partial charge in [0.25, 0.3) is 12.3 Å². The van der Waals surface area contributed by atoms with Crippen molar-refractivity contribution < 1.29 is 18.3 Å². The maximum Gasteiger partial charge on any atom is 0.265 e. The van der Waals surface area contributed by atoms with Gasteiger partial charge in [0.2, 0.25) is 0 Å². The van der Waals surface area contributed by atoms with Crippen LogP contribution in [0.3, 0.4) is 0 Å². The molecule has 0 unspecified atom stereocenters. The lowest BCUT2D eigenvalue weighted by Crippen LogP contribution is -2.02. The number of hydrogen-bond donors (Lipinski definition) is 0. The summed E-state index contributed by atoms with van der Waals surface area (Å²) in [4.78, 5) is 3.71. The van der Waals surface area contributed by atoms with E-state index < -0.39 is 6.43 Å². The van der Waals surface area contributed by atoms with Crippen molar-refractivity contribution in [3.63, 3.8) is 0 Å². The number of nitrogens with zero attached hydrogens (tertiary/aromatic N) is 1. The smallest absolute Gasteiger partial charge is 0.265 e. The summed E-state index contributed by atoms with van der Waals surface area (Å²) in [7, 11) is 2.73. The zero-order valence-corrected chi connectivity index (χ0v) is 9.02. The Bertz CT molecular complexity index is 347. The zero-order valence-electron chi connectivity index (χ0n) is 8.26. The molecular weight excluding hydrogens is 228 g/mol. The fraction of sp³-hybridized carbons (Fsp3) is 0.444. The second kappa shape index (κ2) is 5.11. The van der Waals surface area contributed by atoms with Crippen molar-refractivity contribution in [2.24, 2.45) is 0 Å². The molecule has 0 aliphatic heterocycles. The molecule has 1 aromatic heterocycles. The summed E-state index contributed by atoms with van der Waals surface area (Å²) in [5, 5.41) is 0. The number of methoxy groups -OCH3 is 2. The van der Waals surface area contributed by atoms with Gasteiger partial charge in [0.05, 0.1) is 20.1 Å². The summed E-state index contributed by atoms with van der Waals surface area (Å²) in [5.74, 6) is 0.227. The molecule has 6 heteroatoms. The van der Waals surface area contributed by atoms with E-state index >= 15 is 0 Å². The second-order valence-corrected chi connectivity index (χ2v) is 2.94. The molecule has 0 atom stereocenters. The van der Waals surface area contributed by atoms with Gasteiger partial charge in [-0.3, -0.25) is 0 Å². The summed E-state index contributed by atoms with van der Waals surface area (Å²) < 4.78 is 35.0. The highest BCUT2D eigenvalue weighted by molar-refractivity contribution is 6.17. The van der Waals surface area contributed by atoms with E-state index in [4.69, 9.17) is 21.1 Å². The first-order valence-electron chi connectivity index (χ1n) is 4.09. The Balaban J connectivity index is 3.34. The van der Waals surface area contributed by atoms with Crippen molar-refractivity contribution in [2.75, 3.05) is 14.2 Å². The number of aromatic nitrogens is 1. The highest BCUT2D eigenvalue weighted by Crippen LogP contribution is 2.36. The van der Waals surface area contributed by atoms with Gasteiger partial charge in [0.1, 0.15) is 0 Å². The van der Waals surface area contributed by atoms with Gasteiger partial charge in [-0.25, -0.2) is 13.8 Å². The first-order chi connectivity index (χ1) is 7.15. The van der Waals surface area contributed by atoms with Gasteiger partial charge in [-0.15, -0.1) is 11.6 Å². The first-order valence-corrected chi connectivity index (χ1v) is 4.63. The number of alkyl halides is 3. The minimum Gasteiger partial charge on any atom is -0.491 e. The van der Waals surface area contributed by atoms with E-state index in [0.717, 1.165) is 6.20 Å². The number of ether oxygens (including phenoxy) is 2. The van der Waals surface area contributed by atoms with Crippen LogP contribution in [-0.4, -0.2) is 19.2 Å². The van der Waals surface area contributed by atoms with Crippen LogP contribution in [0.25, 0.3) is 0 Å². The van der Waals surface area contributed by atoms with E-state index in [9.17, 15) is 8.78 Å². The normalized spacial score (nSPS) is 10.5. The van der Waals surface area contributed by atoms with Crippen LogP contribution < -0.4 is 9.47 Å². The van der Waals surface area contributed by atoms with Crippen LogP contribution in [0.1, 0.15) is 17.6 Å². The quantitative estimate of drug-likeness (QED) is 0.755. The van der Waals surface area contributed by atoms with Gasteiger partial charge in [-0.05, 0) is 0 Å². The van der Waals surface area contributed by atoms with E-state index in [-0.39, 0.29) is 28.6 Å². The average Bonchev–Trinajstić information content (AvgIpc) is 2.26. The van der Waals surface area contributed by atoms with E-state index in [1.54, 1.807) is 0 Å². The van der Waals surface area contributed by atoms with Crippen molar-refractivity contribution in [3.05, 3.63) is 17.3 Å². The monoisotopic (exact) mass is 237 g/mol. The van der Waals surface area contributed by atoms with Crippen molar-refractivity contribution in [1.82, 2.24) is 4.98 Å². The minimum absolute atomic E-state index is 0.0816. The maximum absolute atomic E-state index is 12.6. The summed E-state index contributed by atoms with van der Waals surface area (Å²) in [6, 6.07) is 0.